The van der Waals surface area contributed by atoms with E-state index in [1.54, 1.807) is 59.9 Å². The van der Waals surface area contributed by atoms with Gasteiger partial charge in [0.05, 0.1) is 5.41 Å². The van der Waals surface area contributed by atoms with Crippen molar-refractivity contribution < 1.29 is 9.59 Å². The van der Waals surface area contributed by atoms with Crippen LogP contribution in [-0.4, -0.2) is 35.3 Å². The lowest BCUT2D eigenvalue weighted by molar-refractivity contribution is -0.135. The fraction of sp³-hybridized carbons (Fsp3) is 0.261. The van der Waals surface area contributed by atoms with Crippen molar-refractivity contribution in [1.29, 1.82) is 0 Å². The molecule has 156 valence electrons. The smallest absolute Gasteiger partial charge is 0.255 e. The number of pyridine rings is 1. The molecule has 2 aromatic heterocycles. The number of thiophene rings is 1. The minimum atomic E-state index is -0.608. The molecule has 0 aliphatic carbocycles. The second-order valence-corrected chi connectivity index (χ2v) is 8.52. The summed E-state index contributed by atoms with van der Waals surface area (Å²) in [6.45, 7) is 4.24. The lowest BCUT2D eigenvalue weighted by Gasteiger charge is -2.30. The van der Waals surface area contributed by atoms with Crippen molar-refractivity contribution in [2.45, 2.75) is 25.3 Å². The molecule has 2 amide bonds. The minimum Gasteiger partial charge on any atom is -0.343 e. The quantitative estimate of drug-likeness (QED) is 0.606. The molecule has 0 radical (unpaired) electrons. The van der Waals surface area contributed by atoms with Crippen LogP contribution in [0.3, 0.4) is 0 Å². The third kappa shape index (κ3) is 4.93. The molecule has 0 saturated carbocycles. The number of carbonyl (C=O) groups is 2. The molecule has 0 aliphatic rings. The number of nitrogens with zero attached hydrogens (tertiary/aromatic N) is 2. The fourth-order valence-electron chi connectivity index (χ4n) is 3.22. The monoisotopic (exact) mass is 422 g/mol. The second kappa shape index (κ2) is 9.19. The van der Waals surface area contributed by atoms with Crippen LogP contribution in [0.5, 0.6) is 0 Å². The number of nitrogens with two attached hydrogens (primary N) is 1. The first-order valence-electron chi connectivity index (χ1n) is 9.64. The number of carbonyl (C=O) groups excluding carboxylic acids is 2. The molecule has 7 heteroatoms. The first kappa shape index (κ1) is 21.7. The molecule has 0 bridgehead atoms. The van der Waals surface area contributed by atoms with E-state index < -0.39 is 5.41 Å². The van der Waals surface area contributed by atoms with Crippen LogP contribution in [0.4, 0.5) is 5.69 Å². The average Bonchev–Trinajstić information content (AvgIpc) is 3.29. The summed E-state index contributed by atoms with van der Waals surface area (Å²) in [5, 5.41) is 6.80. The first-order chi connectivity index (χ1) is 14.3. The Morgan fingerprint density at radius 3 is 2.40 bits per heavy atom. The van der Waals surface area contributed by atoms with Gasteiger partial charge in [-0.25, -0.2) is 0 Å². The van der Waals surface area contributed by atoms with Crippen LogP contribution in [0.2, 0.25) is 0 Å². The maximum atomic E-state index is 13.0. The SMILES string of the molecule is CN(CC(N)c1ccc(C(=O)Nc2ccncc2)cc1)C(=O)C(C)(C)c1ccsc1. The van der Waals surface area contributed by atoms with Gasteiger partial charge in [0.2, 0.25) is 5.91 Å². The molecule has 1 aromatic carbocycles. The third-order valence-corrected chi connectivity index (χ3v) is 5.82. The number of amides is 2. The Bertz CT molecular complexity index is 986. The Kier molecular flexibility index (Phi) is 6.64. The topological polar surface area (TPSA) is 88.3 Å². The summed E-state index contributed by atoms with van der Waals surface area (Å²) >= 11 is 1.58. The van der Waals surface area contributed by atoms with Gasteiger partial charge in [0.15, 0.2) is 0 Å². The molecular weight excluding hydrogens is 396 g/mol. The number of hydrogen-bond donors (Lipinski definition) is 2. The Balaban J connectivity index is 1.62. The van der Waals surface area contributed by atoms with Crippen LogP contribution < -0.4 is 11.1 Å². The summed E-state index contributed by atoms with van der Waals surface area (Å²) in [5.41, 5.74) is 8.82. The third-order valence-electron chi connectivity index (χ3n) is 5.13. The van der Waals surface area contributed by atoms with E-state index in [0.717, 1.165) is 11.1 Å². The lowest BCUT2D eigenvalue weighted by atomic mass is 9.85. The highest BCUT2D eigenvalue weighted by Crippen LogP contribution is 2.28. The number of nitrogens with one attached hydrogen (secondary N) is 1. The Morgan fingerprint density at radius 1 is 1.13 bits per heavy atom. The average molecular weight is 423 g/mol. The van der Waals surface area contributed by atoms with Crippen LogP contribution in [-0.2, 0) is 10.2 Å². The van der Waals surface area contributed by atoms with Crippen molar-refractivity contribution in [3.63, 3.8) is 0 Å². The van der Waals surface area contributed by atoms with Crippen LogP contribution in [0.15, 0.2) is 65.6 Å². The van der Waals surface area contributed by atoms with Gasteiger partial charge in [0, 0.05) is 43.3 Å². The van der Waals surface area contributed by atoms with E-state index in [-0.39, 0.29) is 17.9 Å². The van der Waals surface area contributed by atoms with Crippen LogP contribution in [0.1, 0.15) is 41.4 Å². The summed E-state index contributed by atoms with van der Waals surface area (Å²) in [7, 11) is 1.77. The molecule has 2 heterocycles. The van der Waals surface area contributed by atoms with E-state index in [0.29, 0.717) is 17.8 Å². The van der Waals surface area contributed by atoms with E-state index in [9.17, 15) is 9.59 Å². The second-order valence-electron chi connectivity index (χ2n) is 7.74. The van der Waals surface area contributed by atoms with Crippen LogP contribution in [0, 0.1) is 0 Å². The normalized spacial score (nSPS) is 12.3. The Labute approximate surface area is 180 Å². The molecule has 3 aromatic rings. The Hall–Kier alpha value is -3.03. The number of aromatic nitrogens is 1. The van der Waals surface area contributed by atoms with Crippen molar-refractivity contribution in [2.75, 3.05) is 18.9 Å². The van der Waals surface area contributed by atoms with Crippen molar-refractivity contribution in [2.24, 2.45) is 5.73 Å². The summed E-state index contributed by atoms with van der Waals surface area (Å²) in [6, 6.07) is 12.2. The van der Waals surface area contributed by atoms with Crippen LogP contribution in [0.25, 0.3) is 0 Å². The van der Waals surface area contributed by atoms with Gasteiger partial charge >= 0.3 is 0 Å². The van der Waals surface area contributed by atoms with Gasteiger partial charge in [-0.3, -0.25) is 14.6 Å². The first-order valence-corrected chi connectivity index (χ1v) is 10.6. The molecule has 0 fully saturated rings. The van der Waals surface area contributed by atoms with Crippen molar-refractivity contribution in [1.82, 2.24) is 9.88 Å². The largest absolute Gasteiger partial charge is 0.343 e. The maximum absolute atomic E-state index is 13.0. The number of anilines is 1. The highest BCUT2D eigenvalue weighted by Gasteiger charge is 2.33. The molecule has 3 rings (SSSR count). The molecule has 1 atom stereocenters. The highest BCUT2D eigenvalue weighted by atomic mass is 32.1. The minimum absolute atomic E-state index is 0.0182. The maximum Gasteiger partial charge on any atom is 0.255 e. The summed E-state index contributed by atoms with van der Waals surface area (Å²) in [5.74, 6) is -0.184. The molecular formula is C23H26N4O2S. The van der Waals surface area contributed by atoms with Crippen molar-refractivity contribution >= 4 is 28.8 Å². The zero-order valence-corrected chi connectivity index (χ0v) is 18.1. The van der Waals surface area contributed by atoms with Gasteiger partial charge in [-0.1, -0.05) is 12.1 Å². The molecule has 1 unspecified atom stereocenters. The number of benzene rings is 1. The van der Waals surface area contributed by atoms with E-state index in [1.807, 2.05) is 42.8 Å². The van der Waals surface area contributed by atoms with Gasteiger partial charge < -0.3 is 16.0 Å². The van der Waals surface area contributed by atoms with Crippen LogP contribution >= 0.6 is 11.3 Å². The molecule has 30 heavy (non-hydrogen) atoms. The van der Waals surface area contributed by atoms with Gasteiger partial charge in [0.25, 0.3) is 5.91 Å². The molecule has 0 spiro atoms. The van der Waals surface area contributed by atoms with Crippen molar-refractivity contribution in [3.05, 3.63) is 82.3 Å². The molecule has 3 N–H and O–H groups in total. The van der Waals surface area contributed by atoms with Gasteiger partial charge in [-0.15, -0.1) is 0 Å². The van der Waals surface area contributed by atoms with Gasteiger partial charge in [-0.2, -0.15) is 11.3 Å². The number of rotatable bonds is 7. The standard InChI is InChI=1S/C23H26N4O2S/c1-23(2,18-10-13-30-15-18)22(29)27(3)14-20(24)16-4-6-17(7-5-16)21(28)26-19-8-11-25-12-9-19/h4-13,15,20H,14,24H2,1-3H3,(H,25,26,28). The van der Waals surface area contributed by atoms with E-state index in [4.69, 9.17) is 5.73 Å². The fourth-order valence-corrected chi connectivity index (χ4v) is 4.05. The van der Waals surface area contributed by atoms with E-state index >= 15 is 0 Å². The van der Waals surface area contributed by atoms with Gasteiger partial charge in [-0.05, 0) is 66.1 Å². The van der Waals surface area contributed by atoms with E-state index in [2.05, 4.69) is 10.3 Å². The number of hydrogen-bond acceptors (Lipinski definition) is 5. The predicted octanol–water partition coefficient (Wildman–Crippen LogP) is 3.83. The van der Waals surface area contributed by atoms with Gasteiger partial charge in [0.1, 0.15) is 0 Å². The van der Waals surface area contributed by atoms with Crippen molar-refractivity contribution in [3.8, 4) is 0 Å². The van der Waals surface area contributed by atoms with E-state index in [1.165, 1.54) is 0 Å². The molecule has 6 nitrogen and oxygen atoms in total. The Morgan fingerprint density at radius 2 is 1.80 bits per heavy atom. The number of likely N-dealkylation sites (N-methyl/N-ethyl adjacent to an activating group) is 1. The predicted molar refractivity (Wildman–Crippen MR) is 121 cm³/mol. The lowest BCUT2D eigenvalue weighted by Crippen LogP contribution is -2.43. The summed E-state index contributed by atoms with van der Waals surface area (Å²) in [6.07, 6.45) is 3.24. The zero-order valence-electron chi connectivity index (χ0n) is 17.3. The summed E-state index contributed by atoms with van der Waals surface area (Å²) < 4.78 is 0. The molecule has 0 aliphatic heterocycles. The highest BCUT2D eigenvalue weighted by molar-refractivity contribution is 7.08. The summed E-state index contributed by atoms with van der Waals surface area (Å²) in [4.78, 5) is 30.9. The molecule has 0 saturated heterocycles. The zero-order chi connectivity index (χ0) is 21.7.